The number of carboxylic acids is 1. The van der Waals surface area contributed by atoms with Crippen LogP contribution >= 0.6 is 11.6 Å². The van der Waals surface area contributed by atoms with E-state index in [4.69, 9.17) is 16.7 Å². The molecule has 0 bridgehead atoms. The summed E-state index contributed by atoms with van der Waals surface area (Å²) in [5.41, 5.74) is -0.617. The van der Waals surface area contributed by atoms with E-state index in [1.54, 1.807) is 20.8 Å². The fourth-order valence-electron chi connectivity index (χ4n) is 1.19. The summed E-state index contributed by atoms with van der Waals surface area (Å²) >= 11 is 5.44. The van der Waals surface area contributed by atoms with Crippen LogP contribution in [0.3, 0.4) is 0 Å². The summed E-state index contributed by atoms with van der Waals surface area (Å²) in [5, 5.41) is 11.3. The third-order valence-corrected chi connectivity index (χ3v) is 2.66. The first-order valence-corrected chi connectivity index (χ1v) is 6.33. The lowest BCUT2D eigenvalue weighted by Crippen LogP contribution is -2.43. The standard InChI is InChI=1S/C12H20ClNO4/c1-12(2,3)9(15)7-8(11(17)18)14-10(16)5-4-6-13/h8H,4-7H2,1-3H3,(H,14,16)(H,17,18). The van der Waals surface area contributed by atoms with Crippen molar-refractivity contribution in [2.45, 2.75) is 46.1 Å². The van der Waals surface area contributed by atoms with Gasteiger partial charge < -0.3 is 10.4 Å². The molecule has 18 heavy (non-hydrogen) atoms. The van der Waals surface area contributed by atoms with Gasteiger partial charge in [0.2, 0.25) is 5.91 Å². The number of carboxylic acid groups (broad SMARTS) is 1. The molecule has 5 nitrogen and oxygen atoms in total. The van der Waals surface area contributed by atoms with Gasteiger partial charge in [0, 0.05) is 24.1 Å². The van der Waals surface area contributed by atoms with Crippen LogP contribution in [0.1, 0.15) is 40.0 Å². The first-order valence-electron chi connectivity index (χ1n) is 5.80. The third kappa shape index (κ3) is 6.59. The highest BCUT2D eigenvalue weighted by molar-refractivity contribution is 6.17. The van der Waals surface area contributed by atoms with Gasteiger partial charge >= 0.3 is 5.97 Å². The molecule has 0 rings (SSSR count). The molecule has 6 heteroatoms. The molecule has 0 fully saturated rings. The van der Waals surface area contributed by atoms with Crippen LogP contribution in [-0.4, -0.2) is 34.7 Å². The van der Waals surface area contributed by atoms with Crippen LogP contribution in [0.15, 0.2) is 0 Å². The maximum Gasteiger partial charge on any atom is 0.326 e. The zero-order valence-corrected chi connectivity index (χ0v) is 11.7. The summed E-state index contributed by atoms with van der Waals surface area (Å²) in [4.78, 5) is 34.1. The average Bonchev–Trinajstić information content (AvgIpc) is 2.23. The molecule has 2 N–H and O–H groups in total. The van der Waals surface area contributed by atoms with E-state index in [2.05, 4.69) is 5.32 Å². The number of carbonyl (C=O) groups excluding carboxylic acids is 2. The van der Waals surface area contributed by atoms with Gasteiger partial charge in [-0.05, 0) is 6.42 Å². The van der Waals surface area contributed by atoms with Crippen molar-refractivity contribution in [3.8, 4) is 0 Å². The molecular formula is C12H20ClNO4. The number of halogens is 1. The number of aliphatic carboxylic acids is 1. The Morgan fingerprint density at radius 3 is 2.22 bits per heavy atom. The lowest BCUT2D eigenvalue weighted by atomic mass is 9.87. The highest BCUT2D eigenvalue weighted by Gasteiger charge is 2.29. The minimum atomic E-state index is -1.20. The fourth-order valence-corrected chi connectivity index (χ4v) is 1.32. The molecule has 0 aliphatic rings. The van der Waals surface area contributed by atoms with Gasteiger partial charge in [0.25, 0.3) is 0 Å². The lowest BCUT2D eigenvalue weighted by molar-refractivity contribution is -0.144. The number of carbonyl (C=O) groups is 3. The average molecular weight is 278 g/mol. The fraction of sp³-hybridized carbons (Fsp3) is 0.750. The Morgan fingerprint density at radius 1 is 1.28 bits per heavy atom. The first-order chi connectivity index (χ1) is 8.18. The van der Waals surface area contributed by atoms with E-state index in [1.165, 1.54) is 0 Å². The molecule has 104 valence electrons. The molecule has 0 aromatic carbocycles. The molecule has 1 amide bonds. The van der Waals surface area contributed by atoms with Crippen molar-refractivity contribution in [2.24, 2.45) is 5.41 Å². The molecule has 1 unspecified atom stereocenters. The van der Waals surface area contributed by atoms with Crippen molar-refractivity contribution in [1.29, 1.82) is 0 Å². The van der Waals surface area contributed by atoms with E-state index in [1.807, 2.05) is 0 Å². The van der Waals surface area contributed by atoms with Crippen LogP contribution in [0.25, 0.3) is 0 Å². The van der Waals surface area contributed by atoms with E-state index in [9.17, 15) is 14.4 Å². The highest BCUT2D eigenvalue weighted by atomic mass is 35.5. The largest absolute Gasteiger partial charge is 0.480 e. The van der Waals surface area contributed by atoms with Gasteiger partial charge in [-0.3, -0.25) is 9.59 Å². The molecule has 0 aliphatic carbocycles. The molecule has 0 saturated heterocycles. The highest BCUT2D eigenvalue weighted by Crippen LogP contribution is 2.17. The number of nitrogens with one attached hydrogen (secondary N) is 1. The Morgan fingerprint density at radius 2 is 1.83 bits per heavy atom. The molecule has 0 heterocycles. The summed E-state index contributed by atoms with van der Waals surface area (Å²) in [7, 11) is 0. The lowest BCUT2D eigenvalue weighted by Gasteiger charge is -2.20. The van der Waals surface area contributed by atoms with Crippen molar-refractivity contribution in [2.75, 3.05) is 5.88 Å². The Balaban J connectivity index is 4.46. The predicted octanol–water partition coefficient (Wildman–Crippen LogP) is 1.58. The topological polar surface area (TPSA) is 83.5 Å². The van der Waals surface area contributed by atoms with Gasteiger partial charge in [0.05, 0.1) is 0 Å². The Labute approximate surface area is 112 Å². The second-order valence-corrected chi connectivity index (χ2v) is 5.51. The van der Waals surface area contributed by atoms with Crippen molar-refractivity contribution in [3.05, 3.63) is 0 Å². The van der Waals surface area contributed by atoms with Crippen LogP contribution in [0, 0.1) is 5.41 Å². The molecular weight excluding hydrogens is 258 g/mol. The SMILES string of the molecule is CC(C)(C)C(=O)CC(NC(=O)CCCCl)C(=O)O. The minimum Gasteiger partial charge on any atom is -0.480 e. The van der Waals surface area contributed by atoms with Gasteiger partial charge in [0.15, 0.2) is 0 Å². The summed E-state index contributed by atoms with van der Waals surface area (Å²) in [5.74, 6) is -1.46. The molecule has 1 atom stereocenters. The minimum absolute atomic E-state index is 0.164. The van der Waals surface area contributed by atoms with Crippen LogP contribution < -0.4 is 5.32 Å². The van der Waals surface area contributed by atoms with Crippen molar-refractivity contribution >= 4 is 29.3 Å². The van der Waals surface area contributed by atoms with Crippen molar-refractivity contribution in [1.82, 2.24) is 5.32 Å². The number of alkyl halides is 1. The summed E-state index contributed by atoms with van der Waals surface area (Å²) < 4.78 is 0. The maximum atomic E-state index is 11.7. The van der Waals surface area contributed by atoms with Gasteiger partial charge in [0.1, 0.15) is 11.8 Å². The number of hydrogen-bond donors (Lipinski definition) is 2. The third-order valence-electron chi connectivity index (χ3n) is 2.40. The second-order valence-electron chi connectivity index (χ2n) is 5.13. The second kappa shape index (κ2) is 7.36. The number of amides is 1. The zero-order valence-electron chi connectivity index (χ0n) is 11.0. The van der Waals surface area contributed by atoms with Crippen molar-refractivity contribution < 1.29 is 19.5 Å². The quantitative estimate of drug-likeness (QED) is 0.692. The molecule has 0 spiro atoms. The normalized spacial score (nSPS) is 12.9. The van der Waals surface area contributed by atoms with Crippen LogP contribution in [0.5, 0.6) is 0 Å². The van der Waals surface area contributed by atoms with Crippen LogP contribution in [0.4, 0.5) is 0 Å². The van der Waals surface area contributed by atoms with Gasteiger partial charge in [-0.15, -0.1) is 11.6 Å². The smallest absolute Gasteiger partial charge is 0.326 e. The Kier molecular flexibility index (Phi) is 6.91. The first kappa shape index (κ1) is 16.9. The molecule has 0 aromatic rings. The van der Waals surface area contributed by atoms with Crippen LogP contribution in [0.2, 0.25) is 0 Å². The zero-order chi connectivity index (χ0) is 14.3. The van der Waals surface area contributed by atoms with E-state index in [0.717, 1.165) is 0 Å². The number of ketones is 1. The molecule has 0 radical (unpaired) electrons. The van der Waals surface area contributed by atoms with E-state index in [-0.39, 0.29) is 18.6 Å². The predicted molar refractivity (Wildman–Crippen MR) is 68.6 cm³/mol. The Bertz CT molecular complexity index is 323. The van der Waals surface area contributed by atoms with E-state index >= 15 is 0 Å². The van der Waals surface area contributed by atoms with Gasteiger partial charge in [-0.1, -0.05) is 20.8 Å². The number of Topliss-reactive ketones (excluding diaryl/α,β-unsaturated/α-hetero) is 1. The Hall–Kier alpha value is -1.10. The number of rotatable bonds is 7. The van der Waals surface area contributed by atoms with Crippen molar-refractivity contribution in [3.63, 3.8) is 0 Å². The summed E-state index contributed by atoms with van der Waals surface area (Å²) in [6.07, 6.45) is 0.440. The van der Waals surface area contributed by atoms with Gasteiger partial charge in [-0.2, -0.15) is 0 Å². The molecule has 0 aliphatic heterocycles. The molecule has 0 aromatic heterocycles. The van der Waals surface area contributed by atoms with E-state index in [0.29, 0.717) is 12.3 Å². The van der Waals surface area contributed by atoms with Gasteiger partial charge in [-0.25, -0.2) is 4.79 Å². The number of hydrogen-bond acceptors (Lipinski definition) is 3. The summed E-state index contributed by atoms with van der Waals surface area (Å²) in [6.45, 7) is 5.14. The maximum absolute atomic E-state index is 11.7. The molecule has 0 saturated carbocycles. The van der Waals surface area contributed by atoms with E-state index < -0.39 is 23.3 Å². The van der Waals surface area contributed by atoms with Crippen LogP contribution in [-0.2, 0) is 14.4 Å². The monoisotopic (exact) mass is 277 g/mol. The summed E-state index contributed by atoms with van der Waals surface area (Å²) in [6, 6.07) is -1.17.